The molecule has 0 amide bonds. The molecule has 1 saturated carbocycles. The Labute approximate surface area is 78.1 Å². The maximum Gasteiger partial charge on any atom is 0.171 e. The van der Waals surface area contributed by atoms with E-state index in [1.807, 2.05) is 13.2 Å². The molecule has 0 radical (unpaired) electrons. The number of hydrogen-bond donors (Lipinski definition) is 2. The first kappa shape index (κ1) is 8.41. The van der Waals surface area contributed by atoms with Crippen LogP contribution in [0.3, 0.4) is 0 Å². The molecule has 0 aliphatic heterocycles. The van der Waals surface area contributed by atoms with Gasteiger partial charge in [0.1, 0.15) is 0 Å². The fourth-order valence-corrected chi connectivity index (χ4v) is 1.45. The lowest BCUT2D eigenvalue weighted by atomic mass is 10.3. The molecule has 3 N–H and O–H groups in total. The molecule has 72 valence electrons. The summed E-state index contributed by atoms with van der Waals surface area (Å²) in [5, 5.41) is 7.46. The normalized spacial score (nSPS) is 16.1. The summed E-state index contributed by atoms with van der Waals surface area (Å²) in [7, 11) is 1.88. The third-order valence-electron chi connectivity index (χ3n) is 2.40. The van der Waals surface area contributed by atoms with Gasteiger partial charge in [0.25, 0.3) is 0 Å². The number of aromatic nitrogens is 2. The van der Waals surface area contributed by atoms with Crippen LogP contribution in [0.4, 0.5) is 11.5 Å². The average molecular weight is 180 g/mol. The van der Waals surface area contributed by atoms with Gasteiger partial charge in [0.2, 0.25) is 0 Å². The van der Waals surface area contributed by atoms with Crippen LogP contribution in [-0.4, -0.2) is 16.3 Å². The highest BCUT2D eigenvalue weighted by molar-refractivity contribution is 5.59. The van der Waals surface area contributed by atoms with Crippen LogP contribution in [0.1, 0.15) is 19.3 Å². The van der Waals surface area contributed by atoms with Crippen LogP contribution in [0.15, 0.2) is 6.20 Å². The summed E-state index contributed by atoms with van der Waals surface area (Å²) in [5.41, 5.74) is 6.46. The molecule has 1 heterocycles. The van der Waals surface area contributed by atoms with E-state index < -0.39 is 0 Å². The summed E-state index contributed by atoms with van der Waals surface area (Å²) in [6, 6.07) is 0. The van der Waals surface area contributed by atoms with E-state index >= 15 is 0 Å². The Morgan fingerprint density at radius 1 is 1.69 bits per heavy atom. The van der Waals surface area contributed by atoms with Crippen molar-refractivity contribution in [3.05, 3.63) is 6.20 Å². The summed E-state index contributed by atoms with van der Waals surface area (Å²) < 4.78 is 1.73. The van der Waals surface area contributed by atoms with Gasteiger partial charge in [0.05, 0.1) is 5.69 Å². The molecule has 2 rings (SSSR count). The smallest absolute Gasteiger partial charge is 0.171 e. The molecule has 4 heteroatoms. The van der Waals surface area contributed by atoms with Crippen LogP contribution < -0.4 is 11.1 Å². The number of nitrogens with two attached hydrogens (primary N) is 1. The van der Waals surface area contributed by atoms with Crippen LogP contribution in [0.25, 0.3) is 0 Å². The molecule has 1 aliphatic rings. The minimum atomic E-state index is 0.735. The summed E-state index contributed by atoms with van der Waals surface area (Å²) in [6.07, 6.45) is 5.87. The largest absolute Gasteiger partial charge is 0.394 e. The molecule has 0 atom stereocenters. The molecule has 1 aliphatic carbocycles. The van der Waals surface area contributed by atoms with E-state index in [1.165, 1.54) is 19.3 Å². The van der Waals surface area contributed by atoms with Crippen molar-refractivity contribution in [1.82, 2.24) is 9.78 Å². The SMILES string of the molecule is Cn1cc(N)c(NCCC2CC2)n1. The van der Waals surface area contributed by atoms with Crippen molar-refractivity contribution in [1.29, 1.82) is 0 Å². The first-order chi connectivity index (χ1) is 6.25. The van der Waals surface area contributed by atoms with Crippen molar-refractivity contribution < 1.29 is 0 Å². The number of hydrogen-bond acceptors (Lipinski definition) is 3. The molecule has 1 fully saturated rings. The molecule has 1 aromatic heterocycles. The van der Waals surface area contributed by atoms with Crippen molar-refractivity contribution in [2.24, 2.45) is 13.0 Å². The highest BCUT2D eigenvalue weighted by Gasteiger charge is 2.20. The van der Waals surface area contributed by atoms with Gasteiger partial charge < -0.3 is 11.1 Å². The van der Waals surface area contributed by atoms with E-state index in [9.17, 15) is 0 Å². The van der Waals surface area contributed by atoms with Gasteiger partial charge in [-0.05, 0) is 12.3 Å². The Morgan fingerprint density at radius 2 is 2.46 bits per heavy atom. The second-order valence-electron chi connectivity index (χ2n) is 3.77. The molecule has 13 heavy (non-hydrogen) atoms. The quantitative estimate of drug-likeness (QED) is 0.732. The molecule has 0 spiro atoms. The third kappa shape index (κ3) is 2.14. The van der Waals surface area contributed by atoms with E-state index in [0.29, 0.717) is 0 Å². The zero-order chi connectivity index (χ0) is 9.26. The number of rotatable bonds is 4. The van der Waals surface area contributed by atoms with Gasteiger partial charge >= 0.3 is 0 Å². The maximum absolute atomic E-state index is 5.73. The molecule has 4 nitrogen and oxygen atoms in total. The first-order valence-electron chi connectivity index (χ1n) is 4.78. The Balaban J connectivity index is 1.81. The lowest BCUT2D eigenvalue weighted by molar-refractivity contribution is 0.743. The van der Waals surface area contributed by atoms with E-state index in [4.69, 9.17) is 5.73 Å². The second-order valence-corrected chi connectivity index (χ2v) is 3.77. The topological polar surface area (TPSA) is 55.9 Å². The van der Waals surface area contributed by atoms with E-state index in [0.717, 1.165) is 24.0 Å². The van der Waals surface area contributed by atoms with Crippen molar-refractivity contribution in [3.63, 3.8) is 0 Å². The third-order valence-corrected chi connectivity index (χ3v) is 2.40. The molecule has 0 saturated heterocycles. The Bertz CT molecular complexity index is 288. The standard InChI is InChI=1S/C9H16N4/c1-13-6-8(10)9(12-13)11-5-4-7-2-3-7/h6-7H,2-5,10H2,1H3,(H,11,12). The lowest BCUT2D eigenvalue weighted by Crippen LogP contribution is -2.04. The van der Waals surface area contributed by atoms with Crippen molar-refractivity contribution in [3.8, 4) is 0 Å². The van der Waals surface area contributed by atoms with Crippen LogP contribution in [0.5, 0.6) is 0 Å². The summed E-state index contributed by atoms with van der Waals surface area (Å²) in [6.45, 7) is 0.992. The minimum absolute atomic E-state index is 0.735. The first-order valence-corrected chi connectivity index (χ1v) is 4.78. The summed E-state index contributed by atoms with van der Waals surface area (Å²) >= 11 is 0. The molecule has 0 aromatic carbocycles. The van der Waals surface area contributed by atoms with Gasteiger partial charge in [-0.2, -0.15) is 5.10 Å². The van der Waals surface area contributed by atoms with Crippen LogP contribution >= 0.6 is 0 Å². The monoisotopic (exact) mass is 180 g/mol. The molecular formula is C9H16N4. The number of nitrogens with zero attached hydrogens (tertiary/aromatic N) is 2. The lowest BCUT2D eigenvalue weighted by Gasteiger charge is -2.01. The fourth-order valence-electron chi connectivity index (χ4n) is 1.45. The van der Waals surface area contributed by atoms with Gasteiger partial charge in [0.15, 0.2) is 5.82 Å². The van der Waals surface area contributed by atoms with Crippen molar-refractivity contribution in [2.45, 2.75) is 19.3 Å². The van der Waals surface area contributed by atoms with Gasteiger partial charge in [-0.1, -0.05) is 12.8 Å². The Kier molecular flexibility index (Phi) is 2.12. The van der Waals surface area contributed by atoms with Crippen LogP contribution in [0.2, 0.25) is 0 Å². The number of nitrogen functional groups attached to an aromatic ring is 1. The molecule has 0 unspecified atom stereocenters. The van der Waals surface area contributed by atoms with Gasteiger partial charge in [-0.25, -0.2) is 0 Å². The maximum atomic E-state index is 5.73. The van der Waals surface area contributed by atoms with E-state index in [2.05, 4.69) is 10.4 Å². The van der Waals surface area contributed by atoms with E-state index in [-0.39, 0.29) is 0 Å². The van der Waals surface area contributed by atoms with Crippen LogP contribution in [0, 0.1) is 5.92 Å². The van der Waals surface area contributed by atoms with E-state index in [1.54, 1.807) is 4.68 Å². The predicted molar refractivity (Wildman–Crippen MR) is 53.5 cm³/mol. The predicted octanol–water partition coefficient (Wildman–Crippen LogP) is 1.21. The van der Waals surface area contributed by atoms with Gasteiger partial charge in [-0.15, -0.1) is 0 Å². The zero-order valence-corrected chi connectivity index (χ0v) is 7.95. The summed E-state index contributed by atoms with van der Waals surface area (Å²) in [5.74, 6) is 1.78. The second kappa shape index (κ2) is 3.28. The highest BCUT2D eigenvalue weighted by Crippen LogP contribution is 2.32. The Morgan fingerprint density at radius 3 is 3.00 bits per heavy atom. The number of nitrogens with one attached hydrogen (secondary N) is 1. The molecule has 1 aromatic rings. The van der Waals surface area contributed by atoms with Crippen LogP contribution in [-0.2, 0) is 7.05 Å². The number of anilines is 2. The molecular weight excluding hydrogens is 164 g/mol. The molecule has 0 bridgehead atoms. The summed E-state index contributed by atoms with van der Waals surface area (Å²) in [4.78, 5) is 0. The fraction of sp³-hybridized carbons (Fsp3) is 0.667. The highest BCUT2D eigenvalue weighted by atomic mass is 15.3. The van der Waals surface area contributed by atoms with Gasteiger partial charge in [-0.3, -0.25) is 4.68 Å². The zero-order valence-electron chi connectivity index (χ0n) is 7.95. The Hall–Kier alpha value is -1.19. The number of aryl methyl sites for hydroxylation is 1. The average Bonchev–Trinajstić information content (AvgIpc) is 2.81. The van der Waals surface area contributed by atoms with Crippen molar-refractivity contribution >= 4 is 11.5 Å². The minimum Gasteiger partial charge on any atom is -0.394 e. The van der Waals surface area contributed by atoms with Gasteiger partial charge in [0, 0.05) is 19.8 Å². The van der Waals surface area contributed by atoms with Crippen molar-refractivity contribution in [2.75, 3.05) is 17.6 Å².